The van der Waals surface area contributed by atoms with Gasteiger partial charge in [-0.1, -0.05) is 11.6 Å². The summed E-state index contributed by atoms with van der Waals surface area (Å²) in [6.07, 6.45) is 0.276. The number of benzene rings is 1. The number of aliphatic carboxylic acids is 1. The van der Waals surface area contributed by atoms with Crippen LogP contribution in [0.4, 0.5) is 9.18 Å². The maximum absolute atomic E-state index is 14.5. The van der Waals surface area contributed by atoms with Gasteiger partial charge in [-0.05, 0) is 51.7 Å². The average Bonchev–Trinajstić information content (AvgIpc) is 2.97. The van der Waals surface area contributed by atoms with E-state index in [1.807, 2.05) is 0 Å². The largest absolute Gasteiger partial charge is 0.481 e. The van der Waals surface area contributed by atoms with Gasteiger partial charge in [-0.2, -0.15) is 0 Å². The molecular weight excluding hydrogens is 603 g/mol. The molecule has 2 aliphatic rings. The Labute approximate surface area is 257 Å². The van der Waals surface area contributed by atoms with Crippen LogP contribution in [-0.2, 0) is 23.9 Å². The fraction of sp³-hybridized carbons (Fsp3) is 0.517. The summed E-state index contributed by atoms with van der Waals surface area (Å²) in [4.78, 5) is 70.3. The quantitative estimate of drug-likeness (QED) is 0.350. The van der Waals surface area contributed by atoms with Crippen molar-refractivity contribution in [1.82, 2.24) is 20.1 Å². The van der Waals surface area contributed by atoms with E-state index < -0.39 is 53.7 Å². The molecule has 1 saturated heterocycles. The van der Waals surface area contributed by atoms with Crippen molar-refractivity contribution in [2.75, 3.05) is 39.4 Å². The number of amides is 3. The van der Waals surface area contributed by atoms with Gasteiger partial charge in [0, 0.05) is 44.1 Å². The predicted molar refractivity (Wildman–Crippen MR) is 154 cm³/mol. The first kappa shape index (κ1) is 32.7. The summed E-state index contributed by atoms with van der Waals surface area (Å²) >= 11 is 6.00. The number of nitrogens with one attached hydrogen (secondary N) is 1. The first-order valence-corrected chi connectivity index (χ1v) is 14.7. The van der Waals surface area contributed by atoms with Gasteiger partial charge in [-0.25, -0.2) is 19.0 Å². The van der Waals surface area contributed by atoms with Crippen LogP contribution in [0, 0.1) is 5.82 Å². The van der Waals surface area contributed by atoms with Gasteiger partial charge in [-0.3, -0.25) is 14.4 Å². The molecule has 3 amide bonds. The summed E-state index contributed by atoms with van der Waals surface area (Å²) in [5.41, 5.74) is -1.45. The standard InChI is InChI=1S/C29H34ClFN4O9/c1-3-42-27(40)29(8-5-9-29)44-23-16-22(32-21-15-18(30)19(31)14-17(21)23)25(38)33-20(6-7-24(36)37)26(39)34-10-12-35(13-11-34)28(41)43-4-2/h14-16,20H,3-13H2,1-2H3,(H,33,38)(H,36,37). The van der Waals surface area contributed by atoms with Gasteiger partial charge < -0.3 is 34.4 Å². The van der Waals surface area contributed by atoms with Crippen molar-refractivity contribution >= 4 is 52.4 Å². The van der Waals surface area contributed by atoms with E-state index in [1.54, 1.807) is 13.8 Å². The second kappa shape index (κ2) is 14.1. The molecule has 2 fully saturated rings. The topological polar surface area (TPSA) is 165 Å². The SMILES string of the molecule is CCOC(=O)N1CCN(C(=O)C(CCC(=O)O)NC(=O)c2cc(OC3(C(=O)OCC)CCC3)c3cc(F)c(Cl)cc3n2)CC1. The Bertz CT molecular complexity index is 1440. The molecule has 0 spiro atoms. The second-order valence-corrected chi connectivity index (χ2v) is 10.8. The number of pyridine rings is 1. The minimum atomic E-state index is -1.32. The van der Waals surface area contributed by atoms with Crippen LogP contribution in [0.25, 0.3) is 10.9 Å². The van der Waals surface area contributed by atoms with Crippen LogP contribution in [0.5, 0.6) is 5.75 Å². The Morgan fingerprint density at radius 3 is 2.30 bits per heavy atom. The van der Waals surface area contributed by atoms with Crippen LogP contribution in [0.15, 0.2) is 18.2 Å². The van der Waals surface area contributed by atoms with Crippen molar-refractivity contribution in [2.45, 2.75) is 57.6 Å². The van der Waals surface area contributed by atoms with E-state index in [1.165, 1.54) is 21.9 Å². The summed E-state index contributed by atoms with van der Waals surface area (Å²) in [7, 11) is 0. The minimum Gasteiger partial charge on any atom is -0.481 e. The number of nitrogens with zero attached hydrogens (tertiary/aromatic N) is 3. The number of carboxylic acid groups (broad SMARTS) is 1. The Morgan fingerprint density at radius 1 is 1.05 bits per heavy atom. The van der Waals surface area contributed by atoms with Crippen molar-refractivity contribution in [3.05, 3.63) is 34.7 Å². The number of carbonyl (C=O) groups is 5. The number of halogens is 2. The summed E-state index contributed by atoms with van der Waals surface area (Å²) in [6.45, 7) is 4.41. The number of carboxylic acids is 1. The molecule has 0 bridgehead atoms. The lowest BCUT2D eigenvalue weighted by molar-refractivity contribution is -0.169. The lowest BCUT2D eigenvalue weighted by Gasteiger charge is -2.39. The van der Waals surface area contributed by atoms with Crippen molar-refractivity contribution in [2.24, 2.45) is 0 Å². The normalized spacial score (nSPS) is 16.5. The molecule has 1 atom stereocenters. The fourth-order valence-corrected chi connectivity index (χ4v) is 5.17. The summed E-state index contributed by atoms with van der Waals surface area (Å²) < 4.78 is 30.8. The average molecular weight is 637 g/mol. The highest BCUT2D eigenvalue weighted by molar-refractivity contribution is 6.31. The highest BCUT2D eigenvalue weighted by atomic mass is 35.5. The number of rotatable bonds is 11. The summed E-state index contributed by atoms with van der Waals surface area (Å²) in [5.74, 6) is -3.87. The number of fused-ring (bicyclic) bond motifs is 1. The van der Waals surface area contributed by atoms with E-state index in [2.05, 4.69) is 10.3 Å². The van der Waals surface area contributed by atoms with Crippen LogP contribution < -0.4 is 10.1 Å². The molecule has 2 aromatic rings. The van der Waals surface area contributed by atoms with E-state index in [0.717, 1.165) is 6.07 Å². The number of carbonyl (C=O) groups excluding carboxylic acids is 4. The number of esters is 1. The van der Waals surface area contributed by atoms with Gasteiger partial charge in [0.15, 0.2) is 0 Å². The Morgan fingerprint density at radius 2 is 1.70 bits per heavy atom. The Balaban J connectivity index is 1.60. The molecule has 2 heterocycles. The van der Waals surface area contributed by atoms with E-state index >= 15 is 0 Å². The molecule has 2 N–H and O–H groups in total. The first-order valence-electron chi connectivity index (χ1n) is 14.4. The molecule has 44 heavy (non-hydrogen) atoms. The van der Waals surface area contributed by atoms with E-state index in [9.17, 15) is 33.5 Å². The fourth-order valence-electron chi connectivity index (χ4n) is 5.01. The Kier molecular flexibility index (Phi) is 10.4. The molecule has 1 aromatic heterocycles. The number of aromatic nitrogens is 1. The van der Waals surface area contributed by atoms with E-state index in [4.69, 9.17) is 25.8 Å². The van der Waals surface area contributed by atoms with Gasteiger partial charge in [0.2, 0.25) is 11.5 Å². The highest BCUT2D eigenvalue weighted by Crippen LogP contribution is 2.40. The summed E-state index contributed by atoms with van der Waals surface area (Å²) in [6, 6.07) is 2.31. The third-order valence-corrected chi connectivity index (χ3v) is 7.82. The molecule has 1 aliphatic heterocycles. The zero-order valence-electron chi connectivity index (χ0n) is 24.4. The van der Waals surface area contributed by atoms with Gasteiger partial charge in [-0.15, -0.1) is 0 Å². The lowest BCUT2D eigenvalue weighted by Crippen LogP contribution is -2.56. The predicted octanol–water partition coefficient (Wildman–Crippen LogP) is 3.16. The number of piperazine rings is 1. The van der Waals surface area contributed by atoms with E-state index in [0.29, 0.717) is 19.3 Å². The third kappa shape index (κ3) is 7.29. The molecule has 238 valence electrons. The molecule has 0 radical (unpaired) electrons. The monoisotopic (exact) mass is 636 g/mol. The molecule has 15 heteroatoms. The van der Waals surface area contributed by atoms with Crippen molar-refractivity contribution in [3.8, 4) is 5.75 Å². The number of ether oxygens (including phenoxy) is 3. The molecule has 1 aliphatic carbocycles. The molecule has 1 unspecified atom stereocenters. The molecule has 4 rings (SSSR count). The van der Waals surface area contributed by atoms with Crippen molar-refractivity contribution < 1.29 is 47.7 Å². The lowest BCUT2D eigenvalue weighted by atomic mass is 9.80. The van der Waals surface area contributed by atoms with Crippen molar-refractivity contribution in [3.63, 3.8) is 0 Å². The van der Waals surface area contributed by atoms with Crippen LogP contribution in [-0.4, -0.2) is 101 Å². The van der Waals surface area contributed by atoms with Gasteiger partial charge in [0.1, 0.15) is 23.3 Å². The maximum Gasteiger partial charge on any atom is 0.409 e. The minimum absolute atomic E-state index is 0.00744. The maximum atomic E-state index is 14.5. The smallest absolute Gasteiger partial charge is 0.409 e. The zero-order valence-corrected chi connectivity index (χ0v) is 25.2. The highest BCUT2D eigenvalue weighted by Gasteiger charge is 2.48. The van der Waals surface area contributed by atoms with Crippen LogP contribution >= 0.6 is 11.6 Å². The molecule has 1 saturated carbocycles. The Hall–Kier alpha value is -4.20. The molecule has 13 nitrogen and oxygen atoms in total. The number of hydrogen-bond acceptors (Lipinski definition) is 9. The first-order chi connectivity index (χ1) is 21.0. The van der Waals surface area contributed by atoms with Crippen LogP contribution in [0.2, 0.25) is 5.02 Å². The third-order valence-electron chi connectivity index (χ3n) is 7.53. The van der Waals surface area contributed by atoms with Crippen LogP contribution in [0.3, 0.4) is 0 Å². The zero-order chi connectivity index (χ0) is 32.0. The van der Waals surface area contributed by atoms with Gasteiger partial charge >= 0.3 is 18.0 Å². The summed E-state index contributed by atoms with van der Waals surface area (Å²) in [5, 5.41) is 11.8. The second-order valence-electron chi connectivity index (χ2n) is 10.4. The number of hydrogen-bond donors (Lipinski definition) is 2. The molecule has 1 aromatic carbocycles. The van der Waals surface area contributed by atoms with Gasteiger partial charge in [0.25, 0.3) is 5.91 Å². The van der Waals surface area contributed by atoms with Crippen LogP contribution in [0.1, 0.15) is 56.4 Å². The molecular formula is C29H34ClFN4O9. The van der Waals surface area contributed by atoms with Crippen molar-refractivity contribution in [1.29, 1.82) is 0 Å². The van der Waals surface area contributed by atoms with Gasteiger partial charge in [0.05, 0.1) is 23.8 Å². The van der Waals surface area contributed by atoms with E-state index in [-0.39, 0.29) is 73.2 Å².